The van der Waals surface area contributed by atoms with E-state index in [0.717, 1.165) is 31.4 Å². The zero-order chi connectivity index (χ0) is 29.9. The number of hydrogen-bond donors (Lipinski definition) is 2. The van der Waals surface area contributed by atoms with Crippen molar-refractivity contribution in [2.75, 3.05) is 25.0 Å². The minimum Gasteiger partial charge on any atom is -0.444 e. The fourth-order valence-electron chi connectivity index (χ4n) is 5.02. The highest BCUT2D eigenvalue weighted by Gasteiger charge is 2.40. The molecule has 0 aromatic heterocycles. The summed E-state index contributed by atoms with van der Waals surface area (Å²) >= 11 is 0. The smallest absolute Gasteiger partial charge is 0.411 e. The molecule has 1 atom stereocenters. The topological polar surface area (TPSA) is 100 Å². The molecule has 0 spiro atoms. The molecule has 2 aliphatic rings. The number of benzene rings is 1. The number of nitrogens with one attached hydrogen (secondary N) is 2. The Hall–Kier alpha value is -2.97. The Balaban J connectivity index is 1.60. The fraction of sp³-hybridized carbons (Fsp3) is 0.710. The van der Waals surface area contributed by atoms with Crippen LogP contribution in [0.4, 0.5) is 15.3 Å². The number of anilines is 1. The molecule has 3 amide bonds. The largest absolute Gasteiger partial charge is 0.444 e. The predicted octanol–water partition coefficient (Wildman–Crippen LogP) is 5.68. The highest BCUT2D eigenvalue weighted by molar-refractivity contribution is 5.87. The molecule has 1 aromatic carbocycles. The van der Waals surface area contributed by atoms with Crippen molar-refractivity contribution in [3.8, 4) is 0 Å². The van der Waals surface area contributed by atoms with E-state index >= 15 is 0 Å². The Morgan fingerprint density at radius 2 is 1.27 bits per heavy atom. The van der Waals surface area contributed by atoms with Crippen LogP contribution < -0.4 is 10.6 Å². The van der Waals surface area contributed by atoms with Crippen molar-refractivity contribution >= 4 is 23.8 Å². The van der Waals surface area contributed by atoms with Gasteiger partial charge in [-0.1, -0.05) is 32.9 Å². The molecule has 1 unspecified atom stereocenters. The zero-order valence-electron chi connectivity index (χ0n) is 25.9. The predicted molar refractivity (Wildman–Crippen MR) is 157 cm³/mol. The molecule has 2 N–H and O–H groups in total. The summed E-state index contributed by atoms with van der Waals surface area (Å²) in [5.74, 6) is -0.270. The van der Waals surface area contributed by atoms with Gasteiger partial charge in [0.05, 0.1) is 6.54 Å². The lowest BCUT2D eigenvalue weighted by atomic mass is 9.87. The lowest BCUT2D eigenvalue weighted by molar-refractivity contribution is -0.129. The summed E-state index contributed by atoms with van der Waals surface area (Å²) in [6, 6.07) is 8.12. The van der Waals surface area contributed by atoms with Gasteiger partial charge in [0, 0.05) is 30.9 Å². The molecule has 3 rings (SSSR count). The van der Waals surface area contributed by atoms with Crippen molar-refractivity contribution in [3.63, 3.8) is 0 Å². The number of carbonyl (C=O) groups excluding carboxylic acids is 3. The molecule has 1 aliphatic heterocycles. The maximum atomic E-state index is 13.5. The zero-order valence-corrected chi connectivity index (χ0v) is 25.9. The summed E-state index contributed by atoms with van der Waals surface area (Å²) < 4.78 is 11.1. The minimum atomic E-state index is -0.853. The first-order valence-electron chi connectivity index (χ1n) is 14.6. The Labute approximate surface area is 240 Å². The van der Waals surface area contributed by atoms with Crippen LogP contribution in [0.15, 0.2) is 24.3 Å². The van der Waals surface area contributed by atoms with Gasteiger partial charge in [0.2, 0.25) is 5.91 Å². The first kappa shape index (κ1) is 31.6. The van der Waals surface area contributed by atoms with Gasteiger partial charge in [0.15, 0.2) is 0 Å². The molecule has 1 aromatic rings. The molecule has 0 radical (unpaired) electrons. The molecule has 9 nitrogen and oxygen atoms in total. The van der Waals surface area contributed by atoms with Crippen LogP contribution in [0, 0.1) is 0 Å². The Morgan fingerprint density at radius 1 is 0.750 bits per heavy atom. The highest BCUT2D eigenvalue weighted by Crippen LogP contribution is 2.27. The van der Waals surface area contributed by atoms with E-state index in [1.807, 2.05) is 0 Å². The number of nitrogens with zero attached hydrogens (tertiary/aromatic N) is 2. The molecule has 224 valence electrons. The van der Waals surface area contributed by atoms with Crippen molar-refractivity contribution in [2.45, 2.75) is 123 Å². The molecular formula is C31H50N4O5. The van der Waals surface area contributed by atoms with Crippen molar-refractivity contribution in [1.29, 1.82) is 0 Å². The number of piperazine rings is 1. The first-order chi connectivity index (χ1) is 18.4. The maximum absolute atomic E-state index is 13.5. The van der Waals surface area contributed by atoms with Crippen molar-refractivity contribution in [1.82, 2.24) is 15.1 Å². The van der Waals surface area contributed by atoms with Crippen LogP contribution in [0.3, 0.4) is 0 Å². The van der Waals surface area contributed by atoms with Crippen LogP contribution in [0.5, 0.6) is 0 Å². The Morgan fingerprint density at radius 3 is 1.80 bits per heavy atom. The van der Waals surface area contributed by atoms with Crippen LogP contribution >= 0.6 is 0 Å². The second-order valence-electron chi connectivity index (χ2n) is 14.1. The van der Waals surface area contributed by atoms with E-state index in [4.69, 9.17) is 9.47 Å². The van der Waals surface area contributed by atoms with E-state index < -0.39 is 29.4 Å². The Bertz CT molecular complexity index is 1030. The molecule has 1 heterocycles. The summed E-state index contributed by atoms with van der Waals surface area (Å²) in [6.07, 6.45) is 2.47. The summed E-state index contributed by atoms with van der Waals surface area (Å²) in [7, 11) is 0. The third-order valence-electron chi connectivity index (χ3n) is 7.16. The summed E-state index contributed by atoms with van der Waals surface area (Å²) in [4.78, 5) is 42.2. The van der Waals surface area contributed by atoms with Gasteiger partial charge < -0.3 is 25.0 Å². The fourth-order valence-corrected chi connectivity index (χ4v) is 5.02. The van der Waals surface area contributed by atoms with Gasteiger partial charge in [-0.15, -0.1) is 0 Å². The quantitative estimate of drug-likeness (QED) is 0.493. The molecule has 0 bridgehead atoms. The minimum absolute atomic E-state index is 0.00575. The maximum Gasteiger partial charge on any atom is 0.411 e. The molecule has 40 heavy (non-hydrogen) atoms. The van der Waals surface area contributed by atoms with Crippen molar-refractivity contribution in [3.05, 3.63) is 29.8 Å². The summed E-state index contributed by atoms with van der Waals surface area (Å²) in [5, 5.41) is 6.79. The van der Waals surface area contributed by atoms with E-state index in [-0.39, 0.29) is 37.0 Å². The van der Waals surface area contributed by atoms with Crippen molar-refractivity contribution < 1.29 is 23.9 Å². The number of amides is 3. The molecule has 1 aliphatic carbocycles. The Kier molecular flexibility index (Phi) is 9.68. The van der Waals surface area contributed by atoms with Crippen LogP contribution in [0.2, 0.25) is 0 Å². The molecule has 1 saturated carbocycles. The molecule has 9 heteroatoms. The SMILES string of the molecule is CC(C)(C)OC(=O)N1CCN(C(=O)OC(C)(C)C)C(C(=O)NC2CCC(Nc3ccc(C(C)(C)C)cc3)CC2)C1. The third-order valence-corrected chi connectivity index (χ3v) is 7.16. The lowest BCUT2D eigenvalue weighted by Crippen LogP contribution is -2.63. The second kappa shape index (κ2) is 12.3. The monoisotopic (exact) mass is 558 g/mol. The number of carbonyl (C=O) groups is 3. The van der Waals surface area contributed by atoms with E-state index in [9.17, 15) is 14.4 Å². The van der Waals surface area contributed by atoms with Crippen LogP contribution in [-0.4, -0.2) is 76.9 Å². The van der Waals surface area contributed by atoms with Gasteiger partial charge in [-0.05, 0) is 90.3 Å². The van der Waals surface area contributed by atoms with E-state index in [1.54, 1.807) is 41.5 Å². The van der Waals surface area contributed by atoms with Gasteiger partial charge in [0.1, 0.15) is 17.2 Å². The second-order valence-corrected chi connectivity index (χ2v) is 14.1. The van der Waals surface area contributed by atoms with Crippen LogP contribution in [-0.2, 0) is 19.7 Å². The number of hydrogen-bond acceptors (Lipinski definition) is 6. The van der Waals surface area contributed by atoms with Gasteiger partial charge in [0.25, 0.3) is 0 Å². The standard InChI is InChI=1S/C31H50N4O5/c1-29(2,3)21-10-12-22(13-11-21)32-23-14-16-24(17-15-23)33-26(36)25-20-34(27(37)39-30(4,5)6)18-19-35(25)28(38)40-31(7,8)9/h10-13,23-25,32H,14-20H2,1-9H3,(H,33,36). The first-order valence-corrected chi connectivity index (χ1v) is 14.6. The number of ether oxygens (including phenoxy) is 2. The lowest BCUT2D eigenvalue weighted by Gasteiger charge is -2.41. The molecule has 1 saturated heterocycles. The van der Waals surface area contributed by atoms with Gasteiger partial charge in [-0.3, -0.25) is 9.69 Å². The summed E-state index contributed by atoms with van der Waals surface area (Å²) in [6.45, 7) is 17.9. The van der Waals surface area contributed by atoms with Crippen LogP contribution in [0.25, 0.3) is 0 Å². The van der Waals surface area contributed by atoms with Gasteiger partial charge in [-0.2, -0.15) is 0 Å². The van der Waals surface area contributed by atoms with Gasteiger partial charge in [-0.25, -0.2) is 9.59 Å². The van der Waals surface area contributed by atoms with E-state index in [1.165, 1.54) is 15.4 Å². The molecule has 2 fully saturated rings. The summed E-state index contributed by atoms with van der Waals surface area (Å²) in [5.41, 5.74) is 1.18. The van der Waals surface area contributed by atoms with Gasteiger partial charge >= 0.3 is 12.2 Å². The normalized spacial score (nSPS) is 22.4. The highest BCUT2D eigenvalue weighted by atomic mass is 16.6. The van der Waals surface area contributed by atoms with E-state index in [2.05, 4.69) is 55.7 Å². The van der Waals surface area contributed by atoms with Crippen molar-refractivity contribution in [2.24, 2.45) is 0 Å². The average Bonchev–Trinajstić information content (AvgIpc) is 2.82. The average molecular weight is 559 g/mol. The third kappa shape index (κ3) is 9.30. The number of rotatable bonds is 4. The molecular weight excluding hydrogens is 508 g/mol. The van der Waals surface area contributed by atoms with Crippen LogP contribution in [0.1, 0.15) is 93.6 Å². The van der Waals surface area contributed by atoms with E-state index in [0.29, 0.717) is 6.04 Å².